The van der Waals surface area contributed by atoms with Crippen molar-refractivity contribution in [2.24, 2.45) is 0 Å². The van der Waals surface area contributed by atoms with Crippen molar-refractivity contribution < 1.29 is 15.0 Å². The Hall–Kier alpha value is 0.390. The summed E-state index contributed by atoms with van der Waals surface area (Å²) in [4.78, 5) is 10.1. The molecule has 0 spiro atoms. The van der Waals surface area contributed by atoms with E-state index in [4.69, 9.17) is 10.2 Å². The van der Waals surface area contributed by atoms with Crippen molar-refractivity contribution in [2.75, 3.05) is 13.2 Å². The van der Waals surface area contributed by atoms with Crippen LogP contribution < -0.4 is 5.32 Å². The van der Waals surface area contributed by atoms with E-state index in [1.807, 2.05) is 0 Å². The van der Waals surface area contributed by atoms with Crippen LogP contribution in [0.15, 0.2) is 0 Å². The Morgan fingerprint density at radius 1 is 1.70 bits per heavy atom. The first-order valence-electron chi connectivity index (χ1n) is 2.79. The molecule has 1 radical (unpaired) electrons. The summed E-state index contributed by atoms with van der Waals surface area (Å²) in [5, 5.41) is 19.2. The van der Waals surface area contributed by atoms with E-state index in [0.29, 0.717) is 6.54 Å². The number of hydrogen-bond donors (Lipinski definition) is 3. The van der Waals surface area contributed by atoms with E-state index in [9.17, 15) is 4.79 Å². The molecule has 0 aliphatic rings. The van der Waals surface area contributed by atoms with E-state index in [1.165, 1.54) is 0 Å². The fourth-order valence-corrected chi connectivity index (χ4v) is 0.476. The number of carbonyl (C=O) groups is 1. The van der Waals surface area contributed by atoms with E-state index in [-0.39, 0.29) is 36.2 Å². The Labute approximate surface area is 81.9 Å². The summed E-state index contributed by atoms with van der Waals surface area (Å²) in [5.41, 5.74) is 0. The van der Waals surface area contributed by atoms with Crippen molar-refractivity contribution in [1.29, 1.82) is 0 Å². The number of aliphatic hydroxyl groups is 1. The summed E-state index contributed by atoms with van der Waals surface area (Å²) in [7, 11) is 0. The van der Waals surface area contributed by atoms with Gasteiger partial charge in [-0.25, -0.2) is 0 Å². The van der Waals surface area contributed by atoms with Gasteiger partial charge in [-0.1, -0.05) is 6.92 Å². The molecule has 0 bridgehead atoms. The van der Waals surface area contributed by atoms with E-state index in [1.54, 1.807) is 6.92 Å². The third-order valence-corrected chi connectivity index (χ3v) is 0.931. The van der Waals surface area contributed by atoms with E-state index < -0.39 is 12.0 Å². The van der Waals surface area contributed by atoms with Gasteiger partial charge in [0.2, 0.25) is 0 Å². The van der Waals surface area contributed by atoms with E-state index in [2.05, 4.69) is 5.32 Å². The smallest absolute Gasteiger partial charge is 0.323 e. The fourth-order valence-electron chi connectivity index (χ4n) is 0.476. The molecule has 0 rings (SSSR count). The summed E-state index contributed by atoms with van der Waals surface area (Å²) in [6.45, 7) is 1.98. The molecule has 0 aliphatic heterocycles. The van der Waals surface area contributed by atoms with Crippen molar-refractivity contribution >= 4 is 35.5 Å². The molecular formula is C5H11NNaO3. The Bertz CT molecular complexity index is 98.9. The van der Waals surface area contributed by atoms with Gasteiger partial charge >= 0.3 is 5.97 Å². The van der Waals surface area contributed by atoms with Crippen LogP contribution >= 0.6 is 0 Å². The average Bonchev–Trinajstić information content (AvgIpc) is 1.82. The van der Waals surface area contributed by atoms with Gasteiger partial charge in [-0.15, -0.1) is 0 Å². The molecule has 0 aromatic heterocycles. The Kier molecular flexibility index (Phi) is 9.76. The third kappa shape index (κ3) is 5.20. The van der Waals surface area contributed by atoms with Crippen LogP contribution in [-0.4, -0.2) is 64.9 Å². The quantitative estimate of drug-likeness (QED) is 0.441. The van der Waals surface area contributed by atoms with Crippen molar-refractivity contribution in [3.8, 4) is 0 Å². The van der Waals surface area contributed by atoms with Gasteiger partial charge in [0.1, 0.15) is 6.04 Å². The molecule has 4 nitrogen and oxygen atoms in total. The van der Waals surface area contributed by atoms with Crippen LogP contribution in [0.5, 0.6) is 0 Å². The van der Waals surface area contributed by atoms with Crippen LogP contribution in [0.25, 0.3) is 0 Å². The number of carboxylic acids is 1. The maximum atomic E-state index is 10.1. The molecule has 0 aromatic carbocycles. The third-order valence-electron chi connectivity index (χ3n) is 0.931. The van der Waals surface area contributed by atoms with E-state index >= 15 is 0 Å². The second-order valence-electron chi connectivity index (χ2n) is 1.63. The predicted molar refractivity (Wildman–Crippen MR) is 37.9 cm³/mol. The van der Waals surface area contributed by atoms with E-state index in [0.717, 1.165) is 0 Å². The minimum atomic E-state index is -1.01. The Balaban J connectivity index is 0. The molecule has 10 heavy (non-hydrogen) atoms. The normalized spacial score (nSPS) is 11.8. The minimum absolute atomic E-state index is 0. The fraction of sp³-hybridized carbons (Fsp3) is 0.800. The van der Waals surface area contributed by atoms with Crippen molar-refractivity contribution in [1.82, 2.24) is 5.32 Å². The maximum absolute atomic E-state index is 10.1. The molecule has 0 heterocycles. The Morgan fingerprint density at radius 3 is 2.30 bits per heavy atom. The molecule has 0 saturated carbocycles. The first kappa shape index (κ1) is 13.0. The molecular weight excluding hydrogens is 145 g/mol. The van der Waals surface area contributed by atoms with Crippen molar-refractivity contribution in [3.63, 3.8) is 0 Å². The Morgan fingerprint density at radius 2 is 2.20 bits per heavy atom. The molecule has 55 valence electrons. The summed E-state index contributed by atoms with van der Waals surface area (Å²) < 4.78 is 0. The molecule has 0 saturated heterocycles. The number of carboxylic acid groups (broad SMARTS) is 1. The summed E-state index contributed by atoms with van der Waals surface area (Å²) in [6, 6.07) is -0.810. The number of aliphatic hydroxyl groups excluding tert-OH is 1. The standard InChI is InChI=1S/C5H11NO3.Na/c1-2-6-4(3-7)5(8)9;/h4,6-7H,2-3H2,1H3,(H,8,9);/t4-;/m0./s1. The van der Waals surface area contributed by atoms with Crippen LogP contribution in [-0.2, 0) is 4.79 Å². The molecule has 0 amide bonds. The van der Waals surface area contributed by atoms with Gasteiger partial charge in [-0.3, -0.25) is 4.79 Å². The zero-order valence-corrected chi connectivity index (χ0v) is 8.29. The van der Waals surface area contributed by atoms with Crippen LogP contribution in [0.2, 0.25) is 0 Å². The van der Waals surface area contributed by atoms with Crippen LogP contribution in [0.1, 0.15) is 6.92 Å². The summed E-state index contributed by atoms with van der Waals surface area (Å²) in [6.07, 6.45) is 0. The number of hydrogen-bond acceptors (Lipinski definition) is 3. The van der Waals surface area contributed by atoms with Gasteiger partial charge < -0.3 is 15.5 Å². The number of nitrogens with one attached hydrogen (secondary N) is 1. The minimum Gasteiger partial charge on any atom is -0.480 e. The first-order valence-corrected chi connectivity index (χ1v) is 2.79. The van der Waals surface area contributed by atoms with Gasteiger partial charge in [-0.05, 0) is 6.54 Å². The summed E-state index contributed by atoms with van der Waals surface area (Å²) in [5.74, 6) is -1.01. The molecule has 0 unspecified atom stereocenters. The molecule has 5 heteroatoms. The molecule has 0 aliphatic carbocycles. The van der Waals surface area contributed by atoms with Crippen molar-refractivity contribution in [2.45, 2.75) is 13.0 Å². The van der Waals surface area contributed by atoms with Crippen molar-refractivity contribution in [3.05, 3.63) is 0 Å². The molecule has 0 fully saturated rings. The number of rotatable bonds is 4. The monoisotopic (exact) mass is 156 g/mol. The van der Waals surface area contributed by atoms with Gasteiger partial charge in [0.05, 0.1) is 6.61 Å². The first-order chi connectivity index (χ1) is 4.22. The summed E-state index contributed by atoms with van der Waals surface area (Å²) >= 11 is 0. The second kappa shape index (κ2) is 7.50. The second-order valence-corrected chi connectivity index (χ2v) is 1.63. The zero-order chi connectivity index (χ0) is 7.28. The van der Waals surface area contributed by atoms with Gasteiger partial charge in [0, 0.05) is 29.6 Å². The maximum Gasteiger partial charge on any atom is 0.323 e. The zero-order valence-electron chi connectivity index (χ0n) is 6.29. The van der Waals surface area contributed by atoms with Crippen LogP contribution in [0.3, 0.4) is 0 Å². The molecule has 0 aromatic rings. The molecule has 1 atom stereocenters. The topological polar surface area (TPSA) is 69.6 Å². The van der Waals surface area contributed by atoms with Gasteiger partial charge in [0.25, 0.3) is 0 Å². The molecule has 3 N–H and O–H groups in total. The van der Waals surface area contributed by atoms with Gasteiger partial charge in [0.15, 0.2) is 0 Å². The number of likely N-dealkylation sites (N-methyl/N-ethyl adjacent to an activating group) is 1. The predicted octanol–water partition coefficient (Wildman–Crippen LogP) is -1.34. The van der Waals surface area contributed by atoms with Crippen LogP contribution in [0.4, 0.5) is 0 Å². The van der Waals surface area contributed by atoms with Crippen LogP contribution in [0, 0.1) is 0 Å². The average molecular weight is 156 g/mol. The largest absolute Gasteiger partial charge is 0.480 e. The SMILES string of the molecule is CCN[C@@H](CO)C(=O)O.[Na]. The number of aliphatic carboxylic acids is 1. The van der Waals surface area contributed by atoms with Gasteiger partial charge in [-0.2, -0.15) is 0 Å².